The van der Waals surface area contributed by atoms with Gasteiger partial charge in [-0.15, -0.1) is 0 Å². The minimum Gasteiger partial charge on any atom is -0.326 e. The van der Waals surface area contributed by atoms with Crippen LogP contribution >= 0.6 is 0 Å². The van der Waals surface area contributed by atoms with Crippen molar-refractivity contribution in [1.29, 1.82) is 0 Å². The van der Waals surface area contributed by atoms with E-state index in [1.807, 2.05) is 13.0 Å². The van der Waals surface area contributed by atoms with E-state index in [0.29, 0.717) is 17.0 Å². The average Bonchev–Trinajstić information content (AvgIpc) is 3.49. The van der Waals surface area contributed by atoms with Gasteiger partial charge in [0.2, 0.25) is 5.91 Å². The fourth-order valence-electron chi connectivity index (χ4n) is 2.76. The molecule has 0 saturated heterocycles. The first kappa shape index (κ1) is 17.0. The summed E-state index contributed by atoms with van der Waals surface area (Å²) in [5, 5.41) is 5.52. The largest absolute Gasteiger partial charge is 0.326 e. The molecule has 0 atom stereocenters. The van der Waals surface area contributed by atoms with Crippen molar-refractivity contribution in [3.05, 3.63) is 70.3 Å². The molecule has 1 saturated carbocycles. The first-order valence-corrected chi connectivity index (χ1v) is 8.71. The molecule has 1 aliphatic rings. The number of carbonyl (C=O) groups excluding carboxylic acids is 2. The van der Waals surface area contributed by atoms with Gasteiger partial charge in [0.05, 0.1) is 0 Å². The Morgan fingerprint density at radius 3 is 2.37 bits per heavy atom. The van der Waals surface area contributed by atoms with E-state index in [2.05, 4.69) is 15.6 Å². The maximum Gasteiger partial charge on any atom is 0.270 e. The number of aryl methyl sites for hydroxylation is 1. The molecule has 0 bridgehead atoms. The van der Waals surface area contributed by atoms with Crippen LogP contribution in [0.3, 0.4) is 0 Å². The Bertz CT molecular complexity index is 1100. The molecule has 2 heterocycles. The van der Waals surface area contributed by atoms with Crippen molar-refractivity contribution in [3.8, 4) is 0 Å². The van der Waals surface area contributed by atoms with Crippen molar-refractivity contribution in [2.75, 3.05) is 10.6 Å². The highest BCUT2D eigenvalue weighted by atomic mass is 16.2. The summed E-state index contributed by atoms with van der Waals surface area (Å²) in [7, 11) is 0. The smallest absolute Gasteiger partial charge is 0.270 e. The minimum absolute atomic E-state index is 0.0253. The SMILES string of the molecule is Cc1ccc2ncc(C(=O)Nc3ccc(NC(=O)C4CC4)cc3)c(=O)n2c1. The van der Waals surface area contributed by atoms with Gasteiger partial charge in [0.15, 0.2) is 0 Å². The van der Waals surface area contributed by atoms with Crippen LogP contribution < -0.4 is 16.2 Å². The fraction of sp³-hybridized carbons (Fsp3) is 0.200. The second kappa shape index (κ2) is 6.68. The molecule has 7 heteroatoms. The molecule has 0 radical (unpaired) electrons. The molecule has 1 aliphatic carbocycles. The van der Waals surface area contributed by atoms with E-state index in [0.717, 1.165) is 18.4 Å². The standard InChI is InChI=1S/C20H18N4O3/c1-12-2-9-17-21-10-16(20(27)24(17)11-12)19(26)23-15-7-5-14(6-8-15)22-18(25)13-3-4-13/h2,5-11,13H,3-4H2,1H3,(H,22,25)(H,23,26). The molecule has 2 N–H and O–H groups in total. The Hall–Kier alpha value is -3.48. The molecule has 136 valence electrons. The zero-order valence-electron chi connectivity index (χ0n) is 14.7. The minimum atomic E-state index is -0.529. The van der Waals surface area contributed by atoms with E-state index in [1.54, 1.807) is 36.5 Å². The highest BCUT2D eigenvalue weighted by Gasteiger charge is 2.29. The van der Waals surface area contributed by atoms with E-state index in [-0.39, 0.29) is 17.4 Å². The Labute approximate surface area is 155 Å². The van der Waals surface area contributed by atoms with Crippen LogP contribution in [0.4, 0.5) is 11.4 Å². The predicted molar refractivity (Wildman–Crippen MR) is 102 cm³/mol. The molecule has 1 fully saturated rings. The van der Waals surface area contributed by atoms with Crippen LogP contribution in [-0.4, -0.2) is 21.2 Å². The number of aromatic nitrogens is 2. The number of fused-ring (bicyclic) bond motifs is 1. The third-order valence-corrected chi connectivity index (χ3v) is 4.45. The van der Waals surface area contributed by atoms with E-state index >= 15 is 0 Å². The average molecular weight is 362 g/mol. The van der Waals surface area contributed by atoms with Crippen LogP contribution in [0.5, 0.6) is 0 Å². The van der Waals surface area contributed by atoms with E-state index in [4.69, 9.17) is 0 Å². The topological polar surface area (TPSA) is 92.6 Å². The van der Waals surface area contributed by atoms with Gasteiger partial charge in [-0.2, -0.15) is 0 Å². The molecule has 2 amide bonds. The molecular weight excluding hydrogens is 344 g/mol. The monoisotopic (exact) mass is 362 g/mol. The molecule has 7 nitrogen and oxygen atoms in total. The zero-order valence-corrected chi connectivity index (χ0v) is 14.7. The predicted octanol–water partition coefficient (Wildman–Crippen LogP) is 2.60. The van der Waals surface area contributed by atoms with Crippen LogP contribution in [0.2, 0.25) is 0 Å². The highest BCUT2D eigenvalue weighted by Crippen LogP contribution is 2.30. The number of pyridine rings is 1. The van der Waals surface area contributed by atoms with Crippen LogP contribution in [0.15, 0.2) is 53.6 Å². The molecule has 0 aliphatic heterocycles. The lowest BCUT2D eigenvalue weighted by Gasteiger charge is -2.08. The number of benzene rings is 1. The third-order valence-electron chi connectivity index (χ3n) is 4.45. The number of nitrogens with one attached hydrogen (secondary N) is 2. The van der Waals surface area contributed by atoms with Gasteiger partial charge in [-0.3, -0.25) is 18.8 Å². The quantitative estimate of drug-likeness (QED) is 0.746. The summed E-state index contributed by atoms with van der Waals surface area (Å²) in [5.41, 5.74) is 2.12. The number of hydrogen-bond acceptors (Lipinski definition) is 4. The molecule has 0 spiro atoms. The van der Waals surface area contributed by atoms with Gasteiger partial charge < -0.3 is 10.6 Å². The lowest BCUT2D eigenvalue weighted by molar-refractivity contribution is -0.117. The number of hydrogen-bond donors (Lipinski definition) is 2. The summed E-state index contributed by atoms with van der Waals surface area (Å²) < 4.78 is 1.36. The second-order valence-corrected chi connectivity index (χ2v) is 6.71. The maximum atomic E-state index is 12.6. The van der Waals surface area contributed by atoms with E-state index < -0.39 is 11.5 Å². The van der Waals surface area contributed by atoms with Gasteiger partial charge in [-0.05, 0) is 55.7 Å². The molecule has 2 aromatic heterocycles. The first-order chi connectivity index (χ1) is 13.0. The number of anilines is 2. The van der Waals surface area contributed by atoms with E-state index in [9.17, 15) is 14.4 Å². The summed E-state index contributed by atoms with van der Waals surface area (Å²) in [4.78, 5) is 41.0. The summed E-state index contributed by atoms with van der Waals surface area (Å²) >= 11 is 0. The van der Waals surface area contributed by atoms with Crippen molar-refractivity contribution >= 4 is 28.8 Å². The Balaban J connectivity index is 1.52. The third kappa shape index (κ3) is 3.57. The number of nitrogens with zero attached hydrogens (tertiary/aromatic N) is 2. The summed E-state index contributed by atoms with van der Waals surface area (Å²) in [5.74, 6) is -0.378. The van der Waals surface area contributed by atoms with Crippen molar-refractivity contribution in [1.82, 2.24) is 9.38 Å². The number of amides is 2. The van der Waals surface area contributed by atoms with Crippen LogP contribution in [0.1, 0.15) is 28.8 Å². The summed E-state index contributed by atoms with van der Waals surface area (Å²) in [6, 6.07) is 10.4. The lowest BCUT2D eigenvalue weighted by atomic mass is 10.2. The van der Waals surface area contributed by atoms with Crippen molar-refractivity contribution in [3.63, 3.8) is 0 Å². The lowest BCUT2D eigenvalue weighted by Crippen LogP contribution is -2.26. The highest BCUT2D eigenvalue weighted by molar-refractivity contribution is 6.04. The zero-order chi connectivity index (χ0) is 19.0. The van der Waals surface area contributed by atoms with Crippen molar-refractivity contribution in [2.45, 2.75) is 19.8 Å². The van der Waals surface area contributed by atoms with Crippen molar-refractivity contribution in [2.24, 2.45) is 5.92 Å². The van der Waals surface area contributed by atoms with Gasteiger partial charge in [-0.25, -0.2) is 4.98 Å². The molecular formula is C20H18N4O3. The Morgan fingerprint density at radius 1 is 1.04 bits per heavy atom. The van der Waals surface area contributed by atoms with E-state index in [1.165, 1.54) is 10.6 Å². The van der Waals surface area contributed by atoms with Gasteiger partial charge in [-0.1, -0.05) is 6.07 Å². The molecule has 4 rings (SSSR count). The van der Waals surface area contributed by atoms with Gasteiger partial charge in [0.25, 0.3) is 11.5 Å². The maximum absolute atomic E-state index is 12.6. The second-order valence-electron chi connectivity index (χ2n) is 6.71. The van der Waals surface area contributed by atoms with Crippen molar-refractivity contribution < 1.29 is 9.59 Å². The molecule has 0 unspecified atom stereocenters. The molecule has 1 aromatic carbocycles. The number of carbonyl (C=O) groups is 2. The fourth-order valence-corrected chi connectivity index (χ4v) is 2.76. The first-order valence-electron chi connectivity index (χ1n) is 8.71. The Kier molecular flexibility index (Phi) is 4.19. The molecule has 27 heavy (non-hydrogen) atoms. The molecule has 3 aromatic rings. The normalized spacial score (nSPS) is 13.4. The summed E-state index contributed by atoms with van der Waals surface area (Å²) in [6.45, 7) is 1.86. The Morgan fingerprint density at radius 2 is 1.70 bits per heavy atom. The number of rotatable bonds is 4. The summed E-state index contributed by atoms with van der Waals surface area (Å²) in [6.07, 6.45) is 4.81. The van der Waals surface area contributed by atoms with Gasteiger partial charge in [0.1, 0.15) is 11.2 Å². The van der Waals surface area contributed by atoms with Crippen LogP contribution in [0, 0.1) is 12.8 Å². The van der Waals surface area contributed by atoms with Gasteiger partial charge in [0, 0.05) is 29.7 Å². The van der Waals surface area contributed by atoms with Gasteiger partial charge >= 0.3 is 0 Å². The van der Waals surface area contributed by atoms with Crippen LogP contribution in [0.25, 0.3) is 5.65 Å². The van der Waals surface area contributed by atoms with Crippen LogP contribution in [-0.2, 0) is 4.79 Å².